The van der Waals surface area contributed by atoms with Gasteiger partial charge in [-0.1, -0.05) is 12.8 Å². The van der Waals surface area contributed by atoms with Gasteiger partial charge in [0.15, 0.2) is 0 Å². The van der Waals surface area contributed by atoms with Crippen molar-refractivity contribution >= 4 is 12.8 Å². The third-order valence-electron chi connectivity index (χ3n) is 1.16. The van der Waals surface area contributed by atoms with Gasteiger partial charge in [0, 0.05) is 0 Å². The van der Waals surface area contributed by atoms with E-state index in [0.717, 1.165) is 5.76 Å². The van der Waals surface area contributed by atoms with E-state index in [-0.39, 0.29) is 6.04 Å². The summed E-state index contributed by atoms with van der Waals surface area (Å²) in [5.41, 5.74) is 0. The fourth-order valence-electron chi connectivity index (χ4n) is 0.601. The second-order valence-electron chi connectivity index (χ2n) is 1.87. The molecule has 1 aromatic rings. The Morgan fingerprint density at radius 1 is 1.78 bits per heavy atom. The average molecular weight is 143 g/mol. The van der Waals surface area contributed by atoms with Gasteiger partial charge < -0.3 is 4.42 Å². The summed E-state index contributed by atoms with van der Waals surface area (Å²) in [5.74, 6) is 0.907. The minimum absolute atomic E-state index is 0.184. The van der Waals surface area contributed by atoms with Crippen LogP contribution in [0.2, 0.25) is 0 Å². The summed E-state index contributed by atoms with van der Waals surface area (Å²) in [6.07, 6.45) is 1.65. The molecule has 0 bridgehead atoms. The summed E-state index contributed by atoms with van der Waals surface area (Å²) in [4.78, 5) is 0. The van der Waals surface area contributed by atoms with Gasteiger partial charge in [-0.2, -0.15) is 0 Å². The van der Waals surface area contributed by atoms with Gasteiger partial charge in [0.25, 0.3) is 0 Å². The van der Waals surface area contributed by atoms with Gasteiger partial charge in [0.2, 0.25) is 0 Å². The SMILES string of the molecule is C[C@@H](NS)c1ccco1. The minimum atomic E-state index is 0.184. The molecular weight excluding hydrogens is 134 g/mol. The summed E-state index contributed by atoms with van der Waals surface area (Å²) in [6.45, 7) is 1.98. The Bertz CT molecular complexity index is 162. The van der Waals surface area contributed by atoms with E-state index in [9.17, 15) is 0 Å². The van der Waals surface area contributed by atoms with Crippen molar-refractivity contribution in [2.24, 2.45) is 0 Å². The number of rotatable bonds is 2. The van der Waals surface area contributed by atoms with Gasteiger partial charge in [0.05, 0.1) is 12.3 Å². The molecule has 0 radical (unpaired) electrons. The Morgan fingerprint density at radius 2 is 2.56 bits per heavy atom. The number of hydrogen-bond acceptors (Lipinski definition) is 3. The first-order valence-corrected chi connectivity index (χ1v) is 3.22. The first-order chi connectivity index (χ1) is 4.34. The molecule has 0 unspecified atom stereocenters. The zero-order valence-electron chi connectivity index (χ0n) is 5.16. The lowest BCUT2D eigenvalue weighted by Crippen LogP contribution is -2.04. The summed E-state index contributed by atoms with van der Waals surface area (Å²) in [5, 5.41) is 0. The van der Waals surface area contributed by atoms with E-state index < -0.39 is 0 Å². The molecule has 9 heavy (non-hydrogen) atoms. The van der Waals surface area contributed by atoms with Crippen LogP contribution in [0.25, 0.3) is 0 Å². The highest BCUT2D eigenvalue weighted by Crippen LogP contribution is 2.11. The maximum atomic E-state index is 5.07. The maximum absolute atomic E-state index is 5.07. The van der Waals surface area contributed by atoms with Crippen LogP contribution in [0, 0.1) is 0 Å². The van der Waals surface area contributed by atoms with Gasteiger partial charge in [-0.05, 0) is 19.1 Å². The minimum Gasteiger partial charge on any atom is -0.468 e. The number of thiol groups is 1. The molecule has 1 N–H and O–H groups in total. The van der Waals surface area contributed by atoms with Crippen molar-refractivity contribution < 1.29 is 4.42 Å². The van der Waals surface area contributed by atoms with Crippen molar-refractivity contribution in [3.8, 4) is 0 Å². The van der Waals surface area contributed by atoms with Crippen LogP contribution < -0.4 is 4.72 Å². The van der Waals surface area contributed by atoms with Crippen molar-refractivity contribution in [1.29, 1.82) is 0 Å². The Hall–Kier alpha value is -0.410. The van der Waals surface area contributed by atoms with Gasteiger partial charge in [0.1, 0.15) is 5.76 Å². The van der Waals surface area contributed by atoms with E-state index in [1.54, 1.807) is 6.26 Å². The van der Waals surface area contributed by atoms with E-state index in [1.807, 2.05) is 19.1 Å². The molecule has 50 valence electrons. The molecule has 0 fully saturated rings. The van der Waals surface area contributed by atoms with Crippen LogP contribution in [0.3, 0.4) is 0 Å². The quantitative estimate of drug-likeness (QED) is 0.617. The second-order valence-corrected chi connectivity index (χ2v) is 2.12. The molecule has 2 nitrogen and oxygen atoms in total. The first-order valence-electron chi connectivity index (χ1n) is 2.77. The Kier molecular flexibility index (Phi) is 2.19. The predicted molar refractivity (Wildman–Crippen MR) is 39.2 cm³/mol. The van der Waals surface area contributed by atoms with Crippen LogP contribution in [0.15, 0.2) is 22.8 Å². The molecule has 1 rings (SSSR count). The summed E-state index contributed by atoms with van der Waals surface area (Å²) in [7, 11) is 0. The second kappa shape index (κ2) is 2.94. The molecule has 0 aliphatic heterocycles. The standard InChI is InChI=1S/C6H9NOS/c1-5(7-9)6-3-2-4-8-6/h2-5,7,9H,1H3/t5-/m1/s1. The molecule has 1 heterocycles. The van der Waals surface area contributed by atoms with E-state index in [0.29, 0.717) is 0 Å². The Labute approximate surface area is 59.8 Å². The highest BCUT2D eigenvalue weighted by atomic mass is 32.1. The van der Waals surface area contributed by atoms with E-state index in [2.05, 4.69) is 17.5 Å². The lowest BCUT2D eigenvalue weighted by molar-refractivity contribution is 0.470. The molecular formula is C6H9NOS. The molecule has 0 saturated carbocycles. The van der Waals surface area contributed by atoms with E-state index in [4.69, 9.17) is 4.42 Å². The van der Waals surface area contributed by atoms with Crippen LogP contribution >= 0.6 is 12.8 Å². The average Bonchev–Trinajstić information content (AvgIpc) is 2.37. The highest BCUT2D eigenvalue weighted by molar-refractivity contribution is 7.78. The monoisotopic (exact) mass is 143 g/mol. The lowest BCUT2D eigenvalue weighted by atomic mass is 10.3. The summed E-state index contributed by atoms with van der Waals surface area (Å²) >= 11 is 3.89. The van der Waals surface area contributed by atoms with Crippen molar-refractivity contribution in [1.82, 2.24) is 4.72 Å². The summed E-state index contributed by atoms with van der Waals surface area (Å²) < 4.78 is 7.84. The van der Waals surface area contributed by atoms with Gasteiger partial charge in [-0.3, -0.25) is 4.72 Å². The fourth-order valence-corrected chi connectivity index (χ4v) is 0.729. The largest absolute Gasteiger partial charge is 0.468 e. The topological polar surface area (TPSA) is 25.2 Å². The number of hydrogen-bond donors (Lipinski definition) is 2. The van der Waals surface area contributed by atoms with Crippen molar-refractivity contribution in [2.45, 2.75) is 13.0 Å². The molecule has 0 aliphatic rings. The normalized spacial score (nSPS) is 13.6. The smallest absolute Gasteiger partial charge is 0.121 e. The molecule has 0 amide bonds. The molecule has 0 aromatic carbocycles. The molecule has 1 atom stereocenters. The van der Waals surface area contributed by atoms with E-state index >= 15 is 0 Å². The molecule has 0 aliphatic carbocycles. The van der Waals surface area contributed by atoms with Crippen LogP contribution in [-0.4, -0.2) is 0 Å². The predicted octanol–water partition coefficient (Wildman–Crippen LogP) is 1.77. The highest BCUT2D eigenvalue weighted by Gasteiger charge is 2.02. The Balaban J connectivity index is 2.65. The van der Waals surface area contributed by atoms with Crippen molar-refractivity contribution in [2.75, 3.05) is 0 Å². The van der Waals surface area contributed by atoms with Gasteiger partial charge in [-0.15, -0.1) is 0 Å². The molecule has 1 aromatic heterocycles. The molecule has 0 saturated heterocycles. The van der Waals surface area contributed by atoms with Crippen LogP contribution in [-0.2, 0) is 0 Å². The van der Waals surface area contributed by atoms with Gasteiger partial charge >= 0.3 is 0 Å². The number of furan rings is 1. The third-order valence-corrected chi connectivity index (χ3v) is 1.55. The van der Waals surface area contributed by atoms with E-state index in [1.165, 1.54) is 0 Å². The zero-order chi connectivity index (χ0) is 6.69. The zero-order valence-corrected chi connectivity index (χ0v) is 6.06. The summed E-state index contributed by atoms with van der Waals surface area (Å²) in [6, 6.07) is 3.95. The van der Waals surface area contributed by atoms with Crippen LogP contribution in [0.5, 0.6) is 0 Å². The third kappa shape index (κ3) is 1.50. The maximum Gasteiger partial charge on any atom is 0.121 e. The van der Waals surface area contributed by atoms with Crippen LogP contribution in [0.4, 0.5) is 0 Å². The van der Waals surface area contributed by atoms with Crippen molar-refractivity contribution in [3.63, 3.8) is 0 Å². The van der Waals surface area contributed by atoms with Gasteiger partial charge in [-0.25, -0.2) is 0 Å². The number of nitrogens with one attached hydrogen (secondary N) is 1. The first kappa shape index (κ1) is 6.71. The lowest BCUT2D eigenvalue weighted by Gasteiger charge is -2.02. The fraction of sp³-hybridized carbons (Fsp3) is 0.333. The Morgan fingerprint density at radius 3 is 3.00 bits per heavy atom. The molecule has 3 heteroatoms. The van der Waals surface area contributed by atoms with Crippen molar-refractivity contribution in [3.05, 3.63) is 24.2 Å². The van der Waals surface area contributed by atoms with Crippen LogP contribution in [0.1, 0.15) is 18.7 Å². The molecule has 0 spiro atoms.